The maximum Gasteiger partial charge on any atom is 0.191 e. The predicted octanol–water partition coefficient (Wildman–Crippen LogP) is 2.85. The van der Waals surface area contributed by atoms with Crippen LogP contribution in [0.2, 0.25) is 18.1 Å². The highest BCUT2D eigenvalue weighted by Gasteiger charge is 2.46. The highest BCUT2D eigenvalue weighted by atomic mass is 28.4. The summed E-state index contributed by atoms with van der Waals surface area (Å²) in [6.07, 6.45) is 3.23. The highest BCUT2D eigenvalue weighted by molar-refractivity contribution is 6.74. The summed E-state index contributed by atoms with van der Waals surface area (Å²) in [4.78, 5) is 2.48. The first-order valence-electron chi connectivity index (χ1n) is 7.67. The molecule has 3 nitrogen and oxygen atoms in total. The van der Waals surface area contributed by atoms with Gasteiger partial charge in [0.05, 0.1) is 6.10 Å². The Balaban J connectivity index is 1.99. The maximum absolute atomic E-state index is 10.4. The van der Waals surface area contributed by atoms with E-state index in [1.54, 1.807) is 0 Å². The first-order chi connectivity index (χ1) is 8.63. The fourth-order valence-electron chi connectivity index (χ4n) is 3.29. The second-order valence-corrected chi connectivity index (χ2v) is 12.8. The Bertz CT molecular complexity index is 327. The summed E-state index contributed by atoms with van der Waals surface area (Å²) in [5, 5.41) is 10.6. The molecule has 112 valence electrons. The predicted molar refractivity (Wildman–Crippen MR) is 81.8 cm³/mol. The molecule has 0 radical (unpaired) electrons. The van der Waals surface area contributed by atoms with Gasteiger partial charge in [-0.3, -0.25) is 4.90 Å². The minimum Gasteiger partial charge on any atom is -0.416 e. The van der Waals surface area contributed by atoms with Crippen LogP contribution in [0, 0.1) is 5.92 Å². The molecule has 0 amide bonds. The van der Waals surface area contributed by atoms with Crippen molar-refractivity contribution in [3.63, 3.8) is 0 Å². The summed E-state index contributed by atoms with van der Waals surface area (Å²) in [7, 11) is 0.517. The molecule has 0 aliphatic carbocycles. The molecular formula is C15H31NO2Si. The van der Waals surface area contributed by atoms with Crippen LogP contribution in [0.5, 0.6) is 0 Å². The van der Waals surface area contributed by atoms with E-state index in [0.29, 0.717) is 18.0 Å². The molecule has 0 aromatic carbocycles. The third-order valence-corrected chi connectivity index (χ3v) is 10.3. The second kappa shape index (κ2) is 5.13. The van der Waals surface area contributed by atoms with Crippen molar-refractivity contribution in [3.05, 3.63) is 0 Å². The molecule has 2 heterocycles. The molecular weight excluding hydrogens is 254 g/mol. The van der Waals surface area contributed by atoms with E-state index in [4.69, 9.17) is 4.43 Å². The van der Waals surface area contributed by atoms with Crippen molar-refractivity contribution in [1.29, 1.82) is 0 Å². The summed E-state index contributed by atoms with van der Waals surface area (Å²) in [5.74, 6) is 0.304. The van der Waals surface area contributed by atoms with Crippen LogP contribution in [-0.2, 0) is 4.43 Å². The van der Waals surface area contributed by atoms with Crippen molar-refractivity contribution < 1.29 is 9.53 Å². The van der Waals surface area contributed by atoms with E-state index >= 15 is 0 Å². The Morgan fingerprint density at radius 1 is 1.26 bits per heavy atom. The number of hydrogen-bond donors (Lipinski definition) is 1. The fraction of sp³-hybridized carbons (Fsp3) is 1.00. The first-order valence-corrected chi connectivity index (χ1v) is 10.6. The van der Waals surface area contributed by atoms with Crippen molar-refractivity contribution >= 4 is 8.32 Å². The van der Waals surface area contributed by atoms with Gasteiger partial charge in [-0.15, -0.1) is 0 Å². The SMILES string of the molecule is CN1[C@H]2CC[C@@H]1[C@@H](CO[Si](C)(C)C(C)(C)C)[C@H](O)C2. The molecule has 0 aromatic rings. The van der Waals surface area contributed by atoms with Gasteiger partial charge in [-0.2, -0.15) is 0 Å². The van der Waals surface area contributed by atoms with E-state index in [0.717, 1.165) is 13.0 Å². The van der Waals surface area contributed by atoms with Gasteiger partial charge in [-0.05, 0) is 44.4 Å². The molecule has 2 aliphatic heterocycles. The number of piperidine rings is 1. The summed E-state index contributed by atoms with van der Waals surface area (Å²) in [5.41, 5.74) is 0. The molecule has 1 N–H and O–H groups in total. The number of rotatable bonds is 3. The van der Waals surface area contributed by atoms with Crippen LogP contribution in [0.25, 0.3) is 0 Å². The lowest BCUT2D eigenvalue weighted by molar-refractivity contribution is -0.0276. The smallest absolute Gasteiger partial charge is 0.191 e. The van der Waals surface area contributed by atoms with Gasteiger partial charge < -0.3 is 9.53 Å². The minimum absolute atomic E-state index is 0.168. The zero-order valence-electron chi connectivity index (χ0n) is 13.4. The molecule has 4 heteroatoms. The molecule has 19 heavy (non-hydrogen) atoms. The Hall–Kier alpha value is 0.0969. The third-order valence-electron chi connectivity index (χ3n) is 5.84. The van der Waals surface area contributed by atoms with E-state index in [1.807, 2.05) is 0 Å². The lowest BCUT2D eigenvalue weighted by Gasteiger charge is -2.43. The number of nitrogens with zero attached hydrogens (tertiary/aromatic N) is 1. The van der Waals surface area contributed by atoms with Crippen LogP contribution < -0.4 is 0 Å². The lowest BCUT2D eigenvalue weighted by Crippen LogP contribution is -2.52. The van der Waals surface area contributed by atoms with Crippen LogP contribution in [0.4, 0.5) is 0 Å². The summed E-state index contributed by atoms with van der Waals surface area (Å²) in [6, 6.07) is 1.13. The third kappa shape index (κ3) is 2.92. The highest BCUT2D eigenvalue weighted by Crippen LogP contribution is 2.41. The average molecular weight is 286 g/mol. The quantitative estimate of drug-likeness (QED) is 0.809. The molecule has 0 aromatic heterocycles. The van der Waals surface area contributed by atoms with Gasteiger partial charge >= 0.3 is 0 Å². The molecule has 0 unspecified atom stereocenters. The Morgan fingerprint density at radius 2 is 1.89 bits per heavy atom. The fourth-order valence-corrected chi connectivity index (χ4v) is 4.34. The van der Waals surface area contributed by atoms with Crippen LogP contribution in [0.15, 0.2) is 0 Å². The molecule has 0 spiro atoms. The molecule has 2 fully saturated rings. The summed E-state index contributed by atoms with van der Waals surface area (Å²) in [6.45, 7) is 12.1. The average Bonchev–Trinajstić information content (AvgIpc) is 2.53. The molecule has 2 rings (SSSR count). The molecule has 2 aliphatic rings. The molecule has 0 saturated carbocycles. The Labute approximate surface area is 119 Å². The van der Waals surface area contributed by atoms with Gasteiger partial charge in [0.15, 0.2) is 8.32 Å². The van der Waals surface area contributed by atoms with Gasteiger partial charge in [-0.1, -0.05) is 20.8 Å². The largest absolute Gasteiger partial charge is 0.416 e. The zero-order chi connectivity index (χ0) is 14.4. The first kappa shape index (κ1) is 15.5. The van der Waals surface area contributed by atoms with Gasteiger partial charge in [-0.25, -0.2) is 0 Å². The topological polar surface area (TPSA) is 32.7 Å². The summed E-state index contributed by atoms with van der Waals surface area (Å²) >= 11 is 0. The van der Waals surface area contributed by atoms with E-state index in [2.05, 4.69) is 45.8 Å². The number of aliphatic hydroxyl groups excluding tert-OH is 1. The van der Waals surface area contributed by atoms with Crippen molar-refractivity contribution in [2.24, 2.45) is 5.92 Å². The van der Waals surface area contributed by atoms with Crippen molar-refractivity contribution in [2.45, 2.75) is 76.4 Å². The van der Waals surface area contributed by atoms with Crippen molar-refractivity contribution in [3.8, 4) is 0 Å². The lowest BCUT2D eigenvalue weighted by atomic mass is 9.88. The minimum atomic E-state index is -1.70. The maximum atomic E-state index is 10.4. The molecule has 2 bridgehead atoms. The van der Waals surface area contributed by atoms with Crippen molar-refractivity contribution in [2.75, 3.05) is 13.7 Å². The van der Waals surface area contributed by atoms with E-state index in [9.17, 15) is 5.11 Å². The van der Waals surface area contributed by atoms with Crippen LogP contribution >= 0.6 is 0 Å². The van der Waals surface area contributed by atoms with Crippen LogP contribution in [0.3, 0.4) is 0 Å². The number of hydrogen-bond acceptors (Lipinski definition) is 3. The van der Waals surface area contributed by atoms with E-state index in [-0.39, 0.29) is 11.1 Å². The standard InChI is InChI=1S/C15H31NO2Si/c1-15(2,3)19(5,6)18-10-12-13-8-7-11(16(13)4)9-14(12)17/h11-14,17H,7-10H2,1-6H3/t11-,12+,13+,14+/m0/s1. The van der Waals surface area contributed by atoms with Gasteiger partial charge in [0.2, 0.25) is 0 Å². The molecule has 2 saturated heterocycles. The Kier molecular flexibility index (Phi) is 4.18. The van der Waals surface area contributed by atoms with Crippen molar-refractivity contribution in [1.82, 2.24) is 4.90 Å². The number of fused-ring (bicyclic) bond motifs is 2. The van der Waals surface area contributed by atoms with Crippen LogP contribution in [0.1, 0.15) is 40.0 Å². The van der Waals surface area contributed by atoms with Crippen LogP contribution in [-0.4, -0.2) is 50.2 Å². The van der Waals surface area contributed by atoms with Gasteiger partial charge in [0.1, 0.15) is 0 Å². The molecule has 4 atom stereocenters. The normalized spacial score (nSPS) is 36.8. The van der Waals surface area contributed by atoms with Gasteiger partial charge in [0, 0.05) is 24.6 Å². The monoisotopic (exact) mass is 285 g/mol. The van der Waals surface area contributed by atoms with E-state index in [1.165, 1.54) is 12.8 Å². The zero-order valence-corrected chi connectivity index (χ0v) is 14.4. The van der Waals surface area contributed by atoms with Gasteiger partial charge in [0.25, 0.3) is 0 Å². The summed E-state index contributed by atoms with van der Waals surface area (Å²) < 4.78 is 6.35. The second-order valence-electron chi connectivity index (χ2n) is 8.00. The van der Waals surface area contributed by atoms with E-state index < -0.39 is 8.32 Å². The number of aliphatic hydroxyl groups is 1. The Morgan fingerprint density at radius 3 is 2.47 bits per heavy atom.